The Morgan fingerprint density at radius 2 is 0.161 bits per heavy atom. The maximum absolute atomic E-state index is 10.1. The molecule has 0 unspecified atom stereocenters. The monoisotopic (exact) mass is 1890 g/mol. The number of halogens is 4. The minimum Gasteiger partial charge on any atom is -0.786 e. The highest BCUT2D eigenvalue weighted by Crippen LogP contribution is 2.25. The Morgan fingerprint density at radius 3 is 0.202 bits per heavy atom. The molecule has 0 aliphatic heterocycles. The summed E-state index contributed by atoms with van der Waals surface area (Å²) in [4.78, 5) is 89.0. The highest BCUT2D eigenvalue weighted by atomic mass is 32.2. The third-order valence-electron chi connectivity index (χ3n) is 14.2. The molecule has 0 aromatic heterocycles. The first-order chi connectivity index (χ1) is 59.6. The minimum absolute atomic E-state index is 1.28. The second-order valence-corrected chi connectivity index (χ2v) is 37.5. The van der Waals surface area contributed by atoms with Crippen LogP contribution < -0.4 is 39.1 Å². The normalized spacial score (nSPS) is 10.2. The molecule has 124 heavy (non-hydrogen) atoms. The molecule has 0 amide bonds. The van der Waals surface area contributed by atoms with E-state index in [4.69, 9.17) is 57.4 Å². The second-order valence-electron chi connectivity index (χ2n) is 24.0. The summed E-state index contributed by atoms with van der Waals surface area (Å²) in [6.45, 7) is 0. The molecule has 0 spiro atoms. The van der Waals surface area contributed by atoms with E-state index in [0.717, 1.165) is 0 Å². The van der Waals surface area contributed by atoms with Crippen molar-refractivity contribution in [2.24, 2.45) is 0 Å². The molecule has 12 nitrogen and oxygen atoms in total. The van der Waals surface area contributed by atoms with E-state index >= 15 is 0 Å². The maximum atomic E-state index is 10.1. The average molecular weight is 1890 g/mol. The molecule has 0 saturated heterocycles. The summed E-state index contributed by atoms with van der Waals surface area (Å²) in [5.41, 5.74) is 0. The predicted molar refractivity (Wildman–Crippen MR) is 500 cm³/mol. The van der Waals surface area contributed by atoms with Crippen LogP contribution in [0.1, 0.15) is 0 Å². The molecule has 0 aliphatic rings. The van der Waals surface area contributed by atoms with Gasteiger partial charge in [0.05, 0.1) is 0 Å². The van der Waals surface area contributed by atoms with Crippen LogP contribution in [0.15, 0.2) is 564 Å². The Morgan fingerprint density at radius 1 is 0.121 bits per heavy atom. The van der Waals surface area contributed by atoms with E-state index in [2.05, 4.69) is 388 Å². The molecule has 16 aromatic carbocycles. The SMILES string of the molecule is O=P([O-])([O-])F.O=P([O-])([O-])F.O=P([O-])([O-])F.O=P([O-])([O-])F.c1ccc([SH+]c2ccccc2)cc1.c1ccc([SH+]c2ccccc2)cc1.c1ccc([SH+]c2ccccc2)cc1.c1ccc([SH+]c2ccccc2)cc1.c1ccc([SH+]c2ccccc2)cc1.c1ccc([SH+]c2ccccc2)cc1.c1ccc([SH+]c2ccccc2)cc1.c1ccc([SH+]c2ccccc2)cc1. The van der Waals surface area contributed by atoms with Crippen molar-refractivity contribution in [2.75, 3.05) is 0 Å². The number of rotatable bonds is 16. The van der Waals surface area contributed by atoms with Crippen LogP contribution in [-0.4, -0.2) is 0 Å². The van der Waals surface area contributed by atoms with Crippen molar-refractivity contribution in [3.05, 3.63) is 485 Å². The summed E-state index contributed by atoms with van der Waals surface area (Å²) in [6.07, 6.45) is 0. The van der Waals surface area contributed by atoms with E-state index in [1.54, 1.807) is 0 Å². The topological polar surface area (TPSA) is 253 Å². The molecule has 640 valence electrons. The lowest BCUT2D eigenvalue weighted by molar-refractivity contribution is -0.330. The first-order valence-corrected chi connectivity index (χ1v) is 49.9. The molecule has 0 radical (unpaired) electrons. The van der Waals surface area contributed by atoms with Gasteiger partial charge in [-0.1, -0.05) is 291 Å². The zero-order valence-corrected chi connectivity index (χ0v) is 76.7. The molecular formula is C96H88F4O12P4S8. The van der Waals surface area contributed by atoms with Gasteiger partial charge in [-0.05, 0) is 194 Å². The smallest absolute Gasteiger partial charge is 0.158 e. The first-order valence-electron chi connectivity index (χ1n) is 37.0. The summed E-state index contributed by atoms with van der Waals surface area (Å²) in [5, 5.41) is 0. The summed E-state index contributed by atoms with van der Waals surface area (Å²) in [6, 6.07) is 168. The number of thiol groups is 8. The average Bonchev–Trinajstić information content (AvgIpc) is 0.950. The van der Waals surface area contributed by atoms with Crippen molar-refractivity contribution in [3.8, 4) is 0 Å². The highest BCUT2D eigenvalue weighted by molar-refractivity contribution is 7.80. The van der Waals surface area contributed by atoms with E-state index in [9.17, 15) is 16.8 Å². The van der Waals surface area contributed by atoms with E-state index in [1.807, 2.05) is 97.1 Å². The lowest BCUT2D eigenvalue weighted by Crippen LogP contribution is -2.07. The Bertz CT molecular complexity index is 4180. The summed E-state index contributed by atoms with van der Waals surface area (Å²) < 4.78 is 74.3. The van der Waals surface area contributed by atoms with Crippen molar-refractivity contribution in [2.45, 2.75) is 78.3 Å². The molecule has 0 atom stereocenters. The van der Waals surface area contributed by atoms with Gasteiger partial charge in [0.1, 0.15) is 31.6 Å². The maximum Gasteiger partial charge on any atom is 0.158 e. The predicted octanol–water partition coefficient (Wildman–Crippen LogP) is 18.5. The lowest BCUT2D eigenvalue weighted by atomic mass is 10.4. The lowest BCUT2D eigenvalue weighted by Gasteiger charge is -2.15. The van der Waals surface area contributed by atoms with Gasteiger partial charge in [0, 0.05) is 94.1 Å². The van der Waals surface area contributed by atoms with Gasteiger partial charge in [0.15, 0.2) is 78.3 Å². The van der Waals surface area contributed by atoms with Crippen molar-refractivity contribution in [1.29, 1.82) is 0 Å². The Balaban J connectivity index is 0.000000244. The molecular weight excluding hydrogens is 1800 g/mol. The van der Waals surface area contributed by atoms with Crippen LogP contribution >= 0.6 is 31.6 Å². The highest BCUT2D eigenvalue weighted by Gasteiger charge is 2.10. The molecule has 0 bridgehead atoms. The Kier molecular flexibility index (Phi) is 53.9. The van der Waals surface area contributed by atoms with E-state index in [-0.39, 0.29) is 0 Å². The van der Waals surface area contributed by atoms with Crippen molar-refractivity contribution >= 4 is 126 Å². The molecule has 0 fully saturated rings. The quantitative estimate of drug-likeness (QED) is 0.0379. The first kappa shape index (κ1) is 105. The molecule has 16 rings (SSSR count). The van der Waals surface area contributed by atoms with Gasteiger partial charge < -0.3 is 57.4 Å². The molecule has 0 N–H and O–H groups in total. The summed E-state index contributed by atoms with van der Waals surface area (Å²) in [5.74, 6) is 0. The Hall–Kier alpha value is -9.36. The van der Waals surface area contributed by atoms with Gasteiger partial charge in [-0.25, -0.2) is 16.8 Å². The summed E-state index contributed by atoms with van der Waals surface area (Å²) >= 11 is 10.3. The van der Waals surface area contributed by atoms with Crippen LogP contribution in [0.5, 0.6) is 0 Å². The molecule has 16 aromatic rings. The largest absolute Gasteiger partial charge is 0.786 e. The number of hydrogen-bond donors (Lipinski definition) is 0. The minimum atomic E-state index is -5.64. The van der Waals surface area contributed by atoms with Gasteiger partial charge in [-0.15, -0.1) is 0 Å². The fraction of sp³-hybridized carbons (Fsp3) is 0. The molecule has 0 aliphatic carbocycles. The van der Waals surface area contributed by atoms with Crippen LogP contribution in [-0.2, 0) is 112 Å². The van der Waals surface area contributed by atoms with Crippen LogP contribution in [0.4, 0.5) is 16.8 Å². The standard InChI is InChI=1S/8C12H10S.4FH2O3P/c8*1-3-7-11(8-4-1)13-12-9-5-2-6-10-12;4*1-5(2,3)4/h8*1-10H;4*(H2,2,3,4). The van der Waals surface area contributed by atoms with Gasteiger partial charge in [-0.3, -0.25) is 0 Å². The van der Waals surface area contributed by atoms with Crippen molar-refractivity contribution in [3.63, 3.8) is 0 Å². The van der Waals surface area contributed by atoms with E-state index in [1.165, 1.54) is 172 Å². The molecule has 0 heterocycles. The fourth-order valence-corrected chi connectivity index (χ4v) is 16.8. The van der Waals surface area contributed by atoms with Gasteiger partial charge in [0.25, 0.3) is 0 Å². The van der Waals surface area contributed by atoms with Gasteiger partial charge >= 0.3 is 0 Å². The molecule has 0 saturated carbocycles. The van der Waals surface area contributed by atoms with E-state index < -0.39 is 31.6 Å². The van der Waals surface area contributed by atoms with Crippen molar-refractivity contribution < 1.29 is 74.2 Å². The third kappa shape index (κ3) is 61.9. The van der Waals surface area contributed by atoms with Gasteiger partial charge in [-0.2, -0.15) is 0 Å². The van der Waals surface area contributed by atoms with Crippen LogP contribution in [0.25, 0.3) is 0 Å². The van der Waals surface area contributed by atoms with E-state index in [0.29, 0.717) is 0 Å². The van der Waals surface area contributed by atoms with Gasteiger partial charge in [0.2, 0.25) is 0 Å². The van der Waals surface area contributed by atoms with Crippen LogP contribution in [0.3, 0.4) is 0 Å². The third-order valence-corrected chi connectivity index (χ3v) is 23.1. The zero-order valence-electron chi connectivity index (χ0n) is 66.0. The van der Waals surface area contributed by atoms with Crippen molar-refractivity contribution in [1.82, 2.24) is 0 Å². The Labute approximate surface area is 757 Å². The second kappa shape index (κ2) is 63.5. The fourth-order valence-electron chi connectivity index (χ4n) is 9.23. The van der Waals surface area contributed by atoms with Crippen LogP contribution in [0.2, 0.25) is 0 Å². The number of hydrogen-bond acceptors (Lipinski definition) is 12. The zero-order chi connectivity index (χ0) is 89.5. The van der Waals surface area contributed by atoms with Crippen LogP contribution in [0, 0.1) is 0 Å². The molecule has 28 heteroatoms. The number of benzene rings is 16. The summed E-state index contributed by atoms with van der Waals surface area (Å²) in [7, 11) is -22.6.